The molecule has 0 atom stereocenters. The molecule has 0 spiro atoms. The van der Waals surface area contributed by atoms with Crippen LogP contribution in [-0.4, -0.2) is 12.6 Å². The van der Waals surface area contributed by atoms with Gasteiger partial charge in [-0.15, -0.1) is 0 Å². The van der Waals surface area contributed by atoms with Crippen molar-refractivity contribution in [3.8, 4) is 0 Å². The van der Waals surface area contributed by atoms with Crippen molar-refractivity contribution < 1.29 is 9.53 Å². The van der Waals surface area contributed by atoms with Crippen molar-refractivity contribution in [3.05, 3.63) is 11.6 Å². The molecule has 2 nitrogen and oxygen atoms in total. The summed E-state index contributed by atoms with van der Waals surface area (Å²) in [6.07, 6.45) is 4.57. The van der Waals surface area contributed by atoms with E-state index in [0.717, 1.165) is 12.8 Å². The quantitative estimate of drug-likeness (QED) is 0.409. The molecule has 1 aliphatic heterocycles. The summed E-state index contributed by atoms with van der Waals surface area (Å²) >= 11 is 0. The van der Waals surface area contributed by atoms with Gasteiger partial charge in [0, 0.05) is 6.42 Å². The van der Waals surface area contributed by atoms with Crippen molar-refractivity contribution in [2.24, 2.45) is 0 Å². The first-order valence-corrected chi connectivity index (χ1v) is 3.66. The van der Waals surface area contributed by atoms with Crippen molar-refractivity contribution >= 4 is 5.97 Å². The topological polar surface area (TPSA) is 26.3 Å². The Morgan fingerprint density at radius 1 is 1.70 bits per heavy atom. The van der Waals surface area contributed by atoms with E-state index in [4.69, 9.17) is 4.74 Å². The lowest BCUT2D eigenvalue weighted by Crippen LogP contribution is -2.13. The highest BCUT2D eigenvalue weighted by atomic mass is 16.5. The molecule has 1 heterocycles. The molecule has 2 heteroatoms. The summed E-state index contributed by atoms with van der Waals surface area (Å²) in [4.78, 5) is 10.7. The lowest BCUT2D eigenvalue weighted by molar-refractivity contribution is -0.144. The monoisotopic (exact) mass is 140 g/mol. The highest BCUT2D eigenvalue weighted by molar-refractivity contribution is 5.73. The maximum absolute atomic E-state index is 10.7. The van der Waals surface area contributed by atoms with E-state index < -0.39 is 0 Å². The molecule has 0 bridgehead atoms. The minimum Gasteiger partial charge on any atom is -0.465 e. The highest BCUT2D eigenvalue weighted by Gasteiger charge is 2.12. The van der Waals surface area contributed by atoms with Crippen LogP contribution in [0.25, 0.3) is 0 Å². The zero-order valence-electron chi connectivity index (χ0n) is 6.22. The normalized spacial score (nSPS) is 22.9. The molecule has 0 aromatic rings. The third-order valence-corrected chi connectivity index (χ3v) is 1.55. The molecule has 1 saturated heterocycles. The number of cyclic esters (lactones) is 1. The van der Waals surface area contributed by atoms with Crippen molar-refractivity contribution in [1.29, 1.82) is 0 Å². The van der Waals surface area contributed by atoms with Gasteiger partial charge in [0.15, 0.2) is 0 Å². The second kappa shape index (κ2) is 3.40. The van der Waals surface area contributed by atoms with E-state index in [1.165, 1.54) is 5.57 Å². The molecule has 0 aliphatic carbocycles. The number of allylic oxidation sites excluding steroid dienone is 1. The third kappa shape index (κ3) is 1.87. The Kier molecular flexibility index (Phi) is 2.49. The Hall–Kier alpha value is -0.790. The Bertz CT molecular complexity index is 159. The number of hydrogen-bond acceptors (Lipinski definition) is 2. The number of ether oxygens (including phenoxy) is 1. The number of hydrogen-bond donors (Lipinski definition) is 0. The van der Waals surface area contributed by atoms with Gasteiger partial charge in [-0.3, -0.25) is 4.79 Å². The number of rotatable bonds is 1. The van der Waals surface area contributed by atoms with Crippen LogP contribution in [0.1, 0.15) is 26.2 Å². The number of esters is 1. The fourth-order valence-electron chi connectivity index (χ4n) is 1.08. The number of carbonyl (C=O) groups is 1. The molecule has 0 N–H and O–H groups in total. The first-order chi connectivity index (χ1) is 4.83. The first-order valence-electron chi connectivity index (χ1n) is 3.66. The summed E-state index contributed by atoms with van der Waals surface area (Å²) in [7, 11) is 0. The third-order valence-electron chi connectivity index (χ3n) is 1.55. The summed E-state index contributed by atoms with van der Waals surface area (Å²) in [6, 6.07) is 0. The summed E-state index contributed by atoms with van der Waals surface area (Å²) in [5, 5.41) is 0. The van der Waals surface area contributed by atoms with Crippen LogP contribution in [0.2, 0.25) is 0 Å². The van der Waals surface area contributed by atoms with Crippen molar-refractivity contribution in [2.75, 3.05) is 6.61 Å². The van der Waals surface area contributed by atoms with Crippen LogP contribution in [0.15, 0.2) is 11.6 Å². The average molecular weight is 140 g/mol. The maximum Gasteiger partial charge on any atom is 0.309 e. The van der Waals surface area contributed by atoms with Gasteiger partial charge in [0.25, 0.3) is 0 Å². The number of carbonyl (C=O) groups excluding carboxylic acids is 1. The second-order valence-electron chi connectivity index (χ2n) is 2.42. The summed E-state index contributed by atoms with van der Waals surface area (Å²) in [5.41, 5.74) is 1.23. The van der Waals surface area contributed by atoms with E-state index in [-0.39, 0.29) is 5.97 Å². The predicted molar refractivity (Wildman–Crippen MR) is 38.6 cm³/mol. The van der Waals surface area contributed by atoms with Gasteiger partial charge in [-0.25, -0.2) is 0 Å². The lowest BCUT2D eigenvalue weighted by Gasteiger charge is -2.13. The minimum atomic E-state index is -0.0778. The van der Waals surface area contributed by atoms with Crippen LogP contribution in [0.5, 0.6) is 0 Å². The fourth-order valence-corrected chi connectivity index (χ4v) is 1.08. The van der Waals surface area contributed by atoms with Crippen LogP contribution in [0, 0.1) is 0 Å². The molecular weight excluding hydrogens is 128 g/mol. The standard InChI is InChI=1S/C8H12O2/c1-2-3-7-4-5-10-8(9)6-7/h3H,2,4-6H2,1H3/b7-3+. The summed E-state index contributed by atoms with van der Waals surface area (Å²) < 4.78 is 4.77. The van der Waals surface area contributed by atoms with Gasteiger partial charge >= 0.3 is 5.97 Å². The Labute approximate surface area is 60.9 Å². The van der Waals surface area contributed by atoms with E-state index in [9.17, 15) is 4.79 Å². The van der Waals surface area contributed by atoms with Gasteiger partial charge < -0.3 is 4.74 Å². The van der Waals surface area contributed by atoms with E-state index in [2.05, 4.69) is 13.0 Å². The molecule has 1 aliphatic rings. The highest BCUT2D eigenvalue weighted by Crippen LogP contribution is 2.14. The zero-order chi connectivity index (χ0) is 7.40. The van der Waals surface area contributed by atoms with Crippen LogP contribution >= 0.6 is 0 Å². The largest absolute Gasteiger partial charge is 0.465 e. The van der Waals surface area contributed by atoms with E-state index in [1.54, 1.807) is 0 Å². The Morgan fingerprint density at radius 2 is 2.50 bits per heavy atom. The maximum atomic E-state index is 10.7. The smallest absolute Gasteiger partial charge is 0.309 e. The Balaban J connectivity index is 2.47. The SMILES string of the molecule is CC/C=C1\CCOC(=O)C1. The second-order valence-corrected chi connectivity index (χ2v) is 2.42. The first kappa shape index (κ1) is 7.32. The van der Waals surface area contributed by atoms with Crippen molar-refractivity contribution in [1.82, 2.24) is 0 Å². The minimum absolute atomic E-state index is 0.0778. The zero-order valence-corrected chi connectivity index (χ0v) is 6.22. The molecule has 1 rings (SSSR count). The van der Waals surface area contributed by atoms with E-state index in [1.807, 2.05) is 0 Å². The molecule has 1 fully saturated rings. The molecule has 0 radical (unpaired) electrons. The van der Waals surface area contributed by atoms with Crippen molar-refractivity contribution in [2.45, 2.75) is 26.2 Å². The summed E-state index contributed by atoms with van der Waals surface area (Å²) in [5.74, 6) is -0.0778. The predicted octanol–water partition coefficient (Wildman–Crippen LogP) is 1.66. The lowest BCUT2D eigenvalue weighted by atomic mass is 10.1. The average Bonchev–Trinajstić information content (AvgIpc) is 1.88. The van der Waals surface area contributed by atoms with Gasteiger partial charge in [0.2, 0.25) is 0 Å². The van der Waals surface area contributed by atoms with Gasteiger partial charge in [-0.1, -0.05) is 18.6 Å². The Morgan fingerprint density at radius 3 is 3.10 bits per heavy atom. The molecule has 10 heavy (non-hydrogen) atoms. The van der Waals surface area contributed by atoms with Gasteiger partial charge in [0.1, 0.15) is 0 Å². The van der Waals surface area contributed by atoms with E-state index >= 15 is 0 Å². The van der Waals surface area contributed by atoms with Crippen LogP contribution in [-0.2, 0) is 9.53 Å². The summed E-state index contributed by atoms with van der Waals surface area (Å²) in [6.45, 7) is 2.65. The molecular formula is C8H12O2. The molecule has 0 aromatic carbocycles. The molecule has 0 saturated carbocycles. The fraction of sp³-hybridized carbons (Fsp3) is 0.625. The van der Waals surface area contributed by atoms with E-state index in [0.29, 0.717) is 13.0 Å². The van der Waals surface area contributed by atoms with Gasteiger partial charge in [-0.2, -0.15) is 0 Å². The molecule has 0 amide bonds. The molecule has 56 valence electrons. The molecule has 0 unspecified atom stereocenters. The van der Waals surface area contributed by atoms with Gasteiger partial charge in [0.05, 0.1) is 13.0 Å². The van der Waals surface area contributed by atoms with Gasteiger partial charge in [-0.05, 0) is 6.42 Å². The van der Waals surface area contributed by atoms with Crippen LogP contribution < -0.4 is 0 Å². The molecule has 0 aromatic heterocycles. The van der Waals surface area contributed by atoms with Crippen LogP contribution in [0.3, 0.4) is 0 Å². The van der Waals surface area contributed by atoms with Crippen LogP contribution in [0.4, 0.5) is 0 Å². The van der Waals surface area contributed by atoms with Crippen molar-refractivity contribution in [3.63, 3.8) is 0 Å².